The van der Waals surface area contributed by atoms with Crippen LogP contribution in [0.3, 0.4) is 0 Å². The Labute approximate surface area is 174 Å². The van der Waals surface area contributed by atoms with Crippen LogP contribution in [-0.4, -0.2) is 34.2 Å². The van der Waals surface area contributed by atoms with Gasteiger partial charge >= 0.3 is 5.97 Å². The molecule has 1 atom stereocenters. The highest BCUT2D eigenvalue weighted by atomic mass is 16.7. The summed E-state index contributed by atoms with van der Waals surface area (Å²) in [5.41, 5.74) is 3.93. The van der Waals surface area contributed by atoms with E-state index in [-0.39, 0.29) is 25.7 Å². The monoisotopic (exact) mass is 406 g/mol. The van der Waals surface area contributed by atoms with Crippen LogP contribution >= 0.6 is 0 Å². The van der Waals surface area contributed by atoms with Crippen LogP contribution in [0.1, 0.15) is 42.4 Å². The number of nitrogens with zero attached hydrogens (tertiary/aromatic N) is 2. The lowest BCUT2D eigenvalue weighted by molar-refractivity contribution is -0.197. The van der Waals surface area contributed by atoms with Crippen molar-refractivity contribution in [2.45, 2.75) is 38.5 Å². The van der Waals surface area contributed by atoms with Crippen molar-refractivity contribution in [2.75, 3.05) is 4.90 Å². The summed E-state index contributed by atoms with van der Waals surface area (Å²) >= 11 is 0. The number of anilines is 1. The Hall–Kier alpha value is -3.45. The van der Waals surface area contributed by atoms with Crippen molar-refractivity contribution in [3.8, 4) is 0 Å². The predicted molar refractivity (Wildman–Crippen MR) is 110 cm³/mol. The number of amides is 2. The van der Waals surface area contributed by atoms with Gasteiger partial charge in [-0.1, -0.05) is 54.6 Å². The van der Waals surface area contributed by atoms with E-state index < -0.39 is 24.0 Å². The number of hydroxylamine groups is 2. The Balaban J connectivity index is 1.49. The van der Waals surface area contributed by atoms with Crippen LogP contribution in [0.15, 0.2) is 48.5 Å². The third kappa shape index (κ3) is 4.11. The molecular formula is C23H22N2O5. The molecule has 2 aliphatic heterocycles. The molecule has 7 heteroatoms. The summed E-state index contributed by atoms with van der Waals surface area (Å²) in [6.45, 7) is 0.469. The maximum atomic E-state index is 12.1. The molecular weight excluding hydrogens is 384 g/mol. The lowest BCUT2D eigenvalue weighted by Crippen LogP contribution is -2.37. The van der Waals surface area contributed by atoms with Gasteiger partial charge in [-0.25, -0.2) is 4.79 Å². The summed E-state index contributed by atoms with van der Waals surface area (Å²) in [6.07, 6.45) is 3.16. The molecule has 30 heavy (non-hydrogen) atoms. The second-order valence-corrected chi connectivity index (χ2v) is 7.28. The summed E-state index contributed by atoms with van der Waals surface area (Å²) < 4.78 is 0. The zero-order valence-corrected chi connectivity index (χ0v) is 16.4. The van der Waals surface area contributed by atoms with E-state index in [2.05, 4.69) is 6.08 Å². The van der Waals surface area contributed by atoms with E-state index in [9.17, 15) is 19.5 Å². The van der Waals surface area contributed by atoms with Gasteiger partial charge in [-0.3, -0.25) is 9.59 Å². The topological polar surface area (TPSA) is 87.2 Å². The zero-order valence-electron chi connectivity index (χ0n) is 16.4. The summed E-state index contributed by atoms with van der Waals surface area (Å²) in [4.78, 5) is 42.1. The second kappa shape index (κ2) is 8.51. The highest BCUT2D eigenvalue weighted by Crippen LogP contribution is 2.30. The molecule has 1 fully saturated rings. The largest absolute Gasteiger partial charge is 0.374 e. The van der Waals surface area contributed by atoms with Crippen molar-refractivity contribution >= 4 is 35.6 Å². The summed E-state index contributed by atoms with van der Waals surface area (Å²) in [5, 5.41) is 11.5. The highest BCUT2D eigenvalue weighted by Gasteiger charge is 2.33. The van der Waals surface area contributed by atoms with Gasteiger partial charge < -0.3 is 14.8 Å². The lowest BCUT2D eigenvalue weighted by Gasteiger charge is -2.33. The van der Waals surface area contributed by atoms with Crippen LogP contribution in [0.4, 0.5) is 5.69 Å². The van der Waals surface area contributed by atoms with Gasteiger partial charge in [0.1, 0.15) is 6.23 Å². The number of benzene rings is 2. The molecule has 0 radical (unpaired) electrons. The Bertz CT molecular complexity index is 1000. The molecule has 2 aromatic rings. The van der Waals surface area contributed by atoms with E-state index >= 15 is 0 Å². The lowest BCUT2D eigenvalue weighted by atomic mass is 10.0. The van der Waals surface area contributed by atoms with Crippen molar-refractivity contribution in [1.29, 1.82) is 0 Å². The Morgan fingerprint density at radius 1 is 0.967 bits per heavy atom. The number of imide groups is 1. The van der Waals surface area contributed by atoms with Crippen LogP contribution in [-0.2, 0) is 25.8 Å². The highest BCUT2D eigenvalue weighted by molar-refractivity contribution is 6.01. The minimum absolute atomic E-state index is 0.0478. The first kappa shape index (κ1) is 19.8. The molecule has 2 aliphatic rings. The van der Waals surface area contributed by atoms with E-state index in [0.717, 1.165) is 22.4 Å². The summed E-state index contributed by atoms with van der Waals surface area (Å²) in [5.74, 6) is -1.76. The normalized spacial score (nSPS) is 17.6. The molecule has 2 heterocycles. The third-order valence-electron chi connectivity index (χ3n) is 5.25. The van der Waals surface area contributed by atoms with Gasteiger partial charge in [0.25, 0.3) is 11.8 Å². The van der Waals surface area contributed by atoms with Gasteiger partial charge in [0.2, 0.25) is 0 Å². The Morgan fingerprint density at radius 2 is 1.60 bits per heavy atom. The van der Waals surface area contributed by atoms with Crippen LogP contribution in [0.25, 0.3) is 12.2 Å². The number of rotatable bonds is 5. The Morgan fingerprint density at radius 3 is 2.37 bits per heavy atom. The van der Waals surface area contributed by atoms with Crippen LogP contribution in [0, 0.1) is 0 Å². The van der Waals surface area contributed by atoms with Gasteiger partial charge in [-0.05, 0) is 22.8 Å². The molecule has 1 unspecified atom stereocenters. The molecule has 154 valence electrons. The van der Waals surface area contributed by atoms with E-state index in [4.69, 9.17) is 4.84 Å². The Kier molecular flexibility index (Phi) is 5.63. The molecule has 0 aliphatic carbocycles. The van der Waals surface area contributed by atoms with Crippen LogP contribution in [0.5, 0.6) is 0 Å². The van der Waals surface area contributed by atoms with Crippen molar-refractivity contribution in [3.05, 3.63) is 65.2 Å². The van der Waals surface area contributed by atoms with Crippen LogP contribution < -0.4 is 4.90 Å². The smallest absolute Gasteiger partial charge is 0.333 e. The maximum absolute atomic E-state index is 12.1. The number of hydrogen-bond donors (Lipinski definition) is 1. The number of aliphatic hydroxyl groups is 1. The van der Waals surface area contributed by atoms with Crippen molar-refractivity contribution in [3.63, 3.8) is 0 Å². The molecule has 2 amide bonds. The van der Waals surface area contributed by atoms with Gasteiger partial charge in [-0.15, -0.1) is 5.06 Å². The average Bonchev–Trinajstić information content (AvgIpc) is 3.05. The molecule has 2 aromatic carbocycles. The van der Waals surface area contributed by atoms with Crippen molar-refractivity contribution < 1.29 is 24.3 Å². The fourth-order valence-electron chi connectivity index (χ4n) is 3.65. The van der Waals surface area contributed by atoms with E-state index in [1.807, 2.05) is 59.5 Å². The minimum Gasteiger partial charge on any atom is -0.374 e. The number of fused-ring (bicyclic) bond motifs is 2. The maximum Gasteiger partial charge on any atom is 0.333 e. The number of carbonyl (C=O) groups is 3. The molecule has 1 N–H and O–H groups in total. The van der Waals surface area contributed by atoms with Crippen molar-refractivity contribution in [1.82, 2.24) is 5.06 Å². The summed E-state index contributed by atoms with van der Waals surface area (Å²) in [6, 6.07) is 15.7. The third-order valence-corrected chi connectivity index (χ3v) is 5.25. The average molecular weight is 406 g/mol. The molecule has 1 saturated heterocycles. The van der Waals surface area contributed by atoms with Gasteiger partial charge in [0, 0.05) is 31.5 Å². The minimum atomic E-state index is -0.955. The van der Waals surface area contributed by atoms with Gasteiger partial charge in [0.05, 0.1) is 6.42 Å². The summed E-state index contributed by atoms with van der Waals surface area (Å²) in [7, 11) is 0. The van der Waals surface area contributed by atoms with E-state index in [0.29, 0.717) is 11.6 Å². The molecule has 4 rings (SSSR count). The zero-order chi connectivity index (χ0) is 21.1. The number of hydrogen-bond acceptors (Lipinski definition) is 6. The first-order chi connectivity index (χ1) is 14.5. The quantitative estimate of drug-likeness (QED) is 0.769. The molecule has 0 spiro atoms. The molecule has 0 bridgehead atoms. The second-order valence-electron chi connectivity index (χ2n) is 7.28. The van der Waals surface area contributed by atoms with Crippen molar-refractivity contribution in [2.24, 2.45) is 0 Å². The fraction of sp³-hybridized carbons (Fsp3) is 0.261. The van der Waals surface area contributed by atoms with E-state index in [1.165, 1.54) is 0 Å². The molecule has 0 saturated carbocycles. The van der Waals surface area contributed by atoms with E-state index in [1.54, 1.807) is 0 Å². The number of carbonyl (C=O) groups excluding carboxylic acids is 3. The van der Waals surface area contributed by atoms with Gasteiger partial charge in [0.15, 0.2) is 0 Å². The first-order valence-corrected chi connectivity index (χ1v) is 9.89. The molecule has 0 aromatic heterocycles. The fourth-order valence-corrected chi connectivity index (χ4v) is 3.65. The number of para-hydroxylation sites is 1. The SMILES string of the molecule is O=C(CCC(O)N1Cc2ccccc2/C=C\c2ccccc21)ON1C(=O)CCC1=O. The number of aliphatic hydroxyl groups excluding tert-OH is 1. The standard InChI is InChI=1S/C23H22N2O5/c26-20(13-14-23(29)30-25-21(27)11-12-22(25)28)24-15-18-7-2-1-5-16(18)9-10-17-6-3-4-8-19(17)24/h1-10,20,26H,11-15H2/b10-9-. The predicted octanol–water partition coefficient (Wildman–Crippen LogP) is 2.88. The first-order valence-electron chi connectivity index (χ1n) is 9.89. The molecule has 7 nitrogen and oxygen atoms in total. The van der Waals surface area contributed by atoms with Gasteiger partial charge in [-0.2, -0.15) is 0 Å². The van der Waals surface area contributed by atoms with Crippen LogP contribution in [0.2, 0.25) is 0 Å².